The number of aryl methyl sites for hydroxylation is 2. The summed E-state index contributed by atoms with van der Waals surface area (Å²) in [7, 11) is -1.75. The van der Waals surface area contributed by atoms with Crippen LogP contribution in [0.4, 0.5) is 0 Å². The van der Waals surface area contributed by atoms with Crippen LogP contribution in [0.2, 0.25) is 0 Å². The van der Waals surface area contributed by atoms with Crippen molar-refractivity contribution in [3.05, 3.63) is 53.0 Å². The molecular formula is C19H24N4O5S. The Balaban J connectivity index is 1.69. The van der Waals surface area contributed by atoms with Gasteiger partial charge in [-0.25, -0.2) is 8.42 Å². The van der Waals surface area contributed by atoms with Gasteiger partial charge in [-0.05, 0) is 45.2 Å². The van der Waals surface area contributed by atoms with Crippen molar-refractivity contribution in [3.8, 4) is 0 Å². The van der Waals surface area contributed by atoms with Crippen molar-refractivity contribution in [1.29, 1.82) is 0 Å². The highest BCUT2D eigenvalue weighted by Gasteiger charge is 2.28. The fourth-order valence-corrected chi connectivity index (χ4v) is 4.55. The molecule has 10 heteroatoms. The van der Waals surface area contributed by atoms with Gasteiger partial charge in [0.1, 0.15) is 11.5 Å². The first-order valence-corrected chi connectivity index (χ1v) is 10.6. The van der Waals surface area contributed by atoms with E-state index < -0.39 is 21.8 Å². The number of carbonyl (C=O) groups is 2. The summed E-state index contributed by atoms with van der Waals surface area (Å²) in [5.74, 6) is -0.115. The number of sulfonamides is 1. The number of nitrogens with zero attached hydrogens (tertiary/aromatic N) is 2. The van der Waals surface area contributed by atoms with Gasteiger partial charge in [-0.2, -0.15) is 4.31 Å². The summed E-state index contributed by atoms with van der Waals surface area (Å²) in [5.41, 5.74) is 5.06. The predicted molar refractivity (Wildman–Crippen MR) is 106 cm³/mol. The van der Waals surface area contributed by atoms with Crippen LogP contribution in [-0.4, -0.2) is 62.7 Å². The van der Waals surface area contributed by atoms with Crippen LogP contribution < -0.4 is 10.9 Å². The third-order valence-electron chi connectivity index (χ3n) is 4.77. The lowest BCUT2D eigenvalue weighted by molar-refractivity contribution is 0.0845. The molecule has 1 aliphatic heterocycles. The second-order valence-corrected chi connectivity index (χ2v) is 8.91. The highest BCUT2D eigenvalue weighted by molar-refractivity contribution is 7.89. The summed E-state index contributed by atoms with van der Waals surface area (Å²) >= 11 is 0. The van der Waals surface area contributed by atoms with Gasteiger partial charge in [0.2, 0.25) is 10.0 Å². The Bertz CT molecular complexity index is 1020. The third kappa shape index (κ3) is 4.66. The molecule has 1 aromatic carbocycles. The SMILES string of the molecule is Cc1cc(C(=O)NNC(=O)c2cccc(S(=O)(=O)N3CCN(C)CC3)c2)c(C)o1. The summed E-state index contributed by atoms with van der Waals surface area (Å²) in [4.78, 5) is 26.7. The van der Waals surface area contributed by atoms with Gasteiger partial charge < -0.3 is 9.32 Å². The Hall–Kier alpha value is -2.69. The van der Waals surface area contributed by atoms with Gasteiger partial charge in [0.25, 0.3) is 11.8 Å². The topological polar surface area (TPSA) is 112 Å². The molecule has 9 nitrogen and oxygen atoms in total. The summed E-state index contributed by atoms with van der Waals surface area (Å²) < 4.78 is 32.4. The number of amides is 2. The molecule has 3 rings (SSSR count). The molecule has 156 valence electrons. The van der Waals surface area contributed by atoms with E-state index in [2.05, 4.69) is 15.8 Å². The molecule has 0 unspecified atom stereocenters. The minimum atomic E-state index is -3.69. The first-order valence-electron chi connectivity index (χ1n) is 9.15. The number of benzene rings is 1. The zero-order chi connectivity index (χ0) is 21.2. The highest BCUT2D eigenvalue weighted by atomic mass is 32.2. The van der Waals surface area contributed by atoms with E-state index in [-0.39, 0.29) is 10.5 Å². The number of carbonyl (C=O) groups excluding carboxylic acids is 2. The number of piperazine rings is 1. The first kappa shape index (κ1) is 21.0. The largest absolute Gasteiger partial charge is 0.466 e. The molecular weight excluding hydrogens is 396 g/mol. The molecule has 0 radical (unpaired) electrons. The van der Waals surface area contributed by atoms with Gasteiger partial charge in [0, 0.05) is 31.7 Å². The normalized spacial score (nSPS) is 15.8. The maximum Gasteiger partial charge on any atom is 0.273 e. The maximum absolute atomic E-state index is 12.9. The molecule has 2 aromatic rings. The lowest BCUT2D eigenvalue weighted by Crippen LogP contribution is -2.47. The molecule has 0 spiro atoms. The standard InChI is InChI=1S/C19H24N4O5S/c1-13-11-17(14(2)28-13)19(25)21-20-18(24)15-5-4-6-16(12-15)29(26,27)23-9-7-22(3)8-10-23/h4-6,11-12H,7-10H2,1-3H3,(H,20,24)(H,21,25). The molecule has 2 amide bonds. The van der Waals surface area contributed by atoms with Crippen LogP contribution >= 0.6 is 0 Å². The lowest BCUT2D eigenvalue weighted by Gasteiger charge is -2.31. The lowest BCUT2D eigenvalue weighted by atomic mass is 10.2. The number of furan rings is 1. The average molecular weight is 420 g/mol. The first-order chi connectivity index (χ1) is 13.7. The van der Waals surface area contributed by atoms with E-state index in [4.69, 9.17) is 4.42 Å². The minimum Gasteiger partial charge on any atom is -0.466 e. The van der Waals surface area contributed by atoms with Crippen molar-refractivity contribution in [3.63, 3.8) is 0 Å². The Morgan fingerprint density at radius 3 is 2.28 bits per heavy atom. The van der Waals surface area contributed by atoms with Crippen LogP contribution in [0.25, 0.3) is 0 Å². The van der Waals surface area contributed by atoms with Crippen LogP contribution in [0.5, 0.6) is 0 Å². The van der Waals surface area contributed by atoms with E-state index in [1.54, 1.807) is 19.9 Å². The van der Waals surface area contributed by atoms with E-state index in [9.17, 15) is 18.0 Å². The van der Waals surface area contributed by atoms with E-state index in [0.29, 0.717) is 43.3 Å². The van der Waals surface area contributed by atoms with Gasteiger partial charge in [-0.3, -0.25) is 20.4 Å². The van der Waals surface area contributed by atoms with E-state index >= 15 is 0 Å². The number of likely N-dealkylation sites (N-methyl/N-ethyl adjacent to an activating group) is 1. The minimum absolute atomic E-state index is 0.0438. The van der Waals surface area contributed by atoms with Crippen LogP contribution in [-0.2, 0) is 10.0 Å². The van der Waals surface area contributed by atoms with E-state index in [1.807, 2.05) is 7.05 Å². The molecule has 0 atom stereocenters. The quantitative estimate of drug-likeness (QED) is 0.711. The van der Waals surface area contributed by atoms with Crippen molar-refractivity contribution in [2.45, 2.75) is 18.7 Å². The van der Waals surface area contributed by atoms with Crippen LogP contribution in [0, 0.1) is 13.8 Å². The zero-order valence-corrected chi connectivity index (χ0v) is 17.4. The van der Waals surface area contributed by atoms with Gasteiger partial charge in [-0.15, -0.1) is 0 Å². The molecule has 1 fully saturated rings. The van der Waals surface area contributed by atoms with Crippen molar-refractivity contribution in [2.24, 2.45) is 0 Å². The molecule has 1 saturated heterocycles. The summed E-state index contributed by atoms with van der Waals surface area (Å²) in [6, 6.07) is 7.32. The highest BCUT2D eigenvalue weighted by Crippen LogP contribution is 2.19. The van der Waals surface area contributed by atoms with Gasteiger partial charge >= 0.3 is 0 Å². The Morgan fingerprint density at radius 1 is 1.00 bits per heavy atom. The predicted octanol–water partition coefficient (Wildman–Crippen LogP) is 0.907. The molecule has 1 aromatic heterocycles. The maximum atomic E-state index is 12.9. The molecule has 0 saturated carbocycles. The van der Waals surface area contributed by atoms with Crippen molar-refractivity contribution < 1.29 is 22.4 Å². The second kappa shape index (κ2) is 8.36. The Labute approximate surface area is 169 Å². The van der Waals surface area contributed by atoms with Crippen molar-refractivity contribution in [1.82, 2.24) is 20.1 Å². The van der Waals surface area contributed by atoms with Crippen LogP contribution in [0.1, 0.15) is 32.2 Å². The zero-order valence-electron chi connectivity index (χ0n) is 16.6. The van der Waals surface area contributed by atoms with Crippen molar-refractivity contribution >= 4 is 21.8 Å². The third-order valence-corrected chi connectivity index (χ3v) is 6.67. The number of hydrazine groups is 1. The van der Waals surface area contributed by atoms with Crippen LogP contribution in [0.3, 0.4) is 0 Å². The van der Waals surface area contributed by atoms with Crippen molar-refractivity contribution in [2.75, 3.05) is 33.2 Å². The molecule has 0 aliphatic carbocycles. The number of rotatable bonds is 4. The molecule has 29 heavy (non-hydrogen) atoms. The molecule has 2 heterocycles. The Morgan fingerprint density at radius 2 is 1.66 bits per heavy atom. The van der Waals surface area contributed by atoms with Gasteiger partial charge in [0.15, 0.2) is 0 Å². The monoisotopic (exact) mass is 420 g/mol. The smallest absolute Gasteiger partial charge is 0.273 e. The number of hydrogen-bond donors (Lipinski definition) is 2. The van der Waals surface area contributed by atoms with E-state index in [0.717, 1.165) is 0 Å². The molecule has 1 aliphatic rings. The average Bonchev–Trinajstić information content (AvgIpc) is 3.04. The fraction of sp³-hybridized carbons (Fsp3) is 0.368. The Kier molecular flexibility index (Phi) is 6.06. The molecule has 2 N–H and O–H groups in total. The fourth-order valence-electron chi connectivity index (χ4n) is 3.08. The summed E-state index contributed by atoms with van der Waals surface area (Å²) in [6.07, 6.45) is 0. The second-order valence-electron chi connectivity index (χ2n) is 6.97. The van der Waals surface area contributed by atoms with Crippen LogP contribution in [0.15, 0.2) is 39.6 Å². The number of hydrogen-bond acceptors (Lipinski definition) is 6. The van der Waals surface area contributed by atoms with Gasteiger partial charge in [0.05, 0.1) is 10.5 Å². The summed E-state index contributed by atoms with van der Waals surface area (Å²) in [5, 5.41) is 0. The number of nitrogens with one attached hydrogen (secondary N) is 2. The van der Waals surface area contributed by atoms with E-state index in [1.165, 1.54) is 28.6 Å². The van der Waals surface area contributed by atoms with Gasteiger partial charge in [-0.1, -0.05) is 6.07 Å². The summed E-state index contributed by atoms with van der Waals surface area (Å²) in [6.45, 7) is 5.46. The molecule has 0 bridgehead atoms.